The lowest BCUT2D eigenvalue weighted by Crippen LogP contribution is -2.10. The number of rotatable bonds is 5. The number of hydrogen-bond donors (Lipinski definition) is 1. The molecule has 23 heavy (non-hydrogen) atoms. The van der Waals surface area contributed by atoms with E-state index < -0.39 is 0 Å². The smallest absolute Gasteiger partial charge is 0.216 e. The van der Waals surface area contributed by atoms with Crippen molar-refractivity contribution in [2.45, 2.75) is 44.9 Å². The van der Waals surface area contributed by atoms with Crippen molar-refractivity contribution in [3.8, 4) is 5.75 Å². The Hall–Kier alpha value is -1.95. The molecule has 1 aromatic carbocycles. The molecular formula is C17H22N4OS. The van der Waals surface area contributed by atoms with Crippen LogP contribution in [0.2, 0.25) is 0 Å². The molecule has 0 bridgehead atoms. The lowest BCUT2D eigenvalue weighted by atomic mass is 9.89. The standard InChI is InChI=1S/C17H22N4OS/c1-2-22-15-10-8-13(9-11-15)12-18-21-16(19-20-17(21)23)14-6-4-3-5-7-14/h8-12,14H,2-7H2,1H3,(H,20,23)/b18-12-. The molecular weight excluding hydrogens is 308 g/mol. The Balaban J connectivity index is 1.79. The van der Waals surface area contributed by atoms with Gasteiger partial charge in [0, 0.05) is 5.92 Å². The predicted octanol–water partition coefficient (Wildman–Crippen LogP) is 4.27. The van der Waals surface area contributed by atoms with Crippen molar-refractivity contribution >= 4 is 18.4 Å². The third-order valence-corrected chi connectivity index (χ3v) is 4.42. The molecule has 0 amide bonds. The second-order valence-electron chi connectivity index (χ2n) is 5.78. The van der Waals surface area contributed by atoms with Crippen LogP contribution in [-0.4, -0.2) is 27.7 Å². The summed E-state index contributed by atoms with van der Waals surface area (Å²) in [6, 6.07) is 7.86. The number of nitrogens with one attached hydrogen (secondary N) is 1. The van der Waals surface area contributed by atoms with Crippen molar-refractivity contribution in [3.05, 3.63) is 40.4 Å². The molecule has 1 N–H and O–H groups in total. The number of nitrogens with zero attached hydrogens (tertiary/aromatic N) is 3. The van der Waals surface area contributed by atoms with Crippen molar-refractivity contribution in [2.75, 3.05) is 6.61 Å². The van der Waals surface area contributed by atoms with E-state index in [9.17, 15) is 0 Å². The molecule has 2 aromatic rings. The topological polar surface area (TPSA) is 55.2 Å². The van der Waals surface area contributed by atoms with Gasteiger partial charge in [0.15, 0.2) is 5.82 Å². The fourth-order valence-corrected chi connectivity index (χ4v) is 3.17. The van der Waals surface area contributed by atoms with Crippen LogP contribution in [0.1, 0.15) is 56.3 Å². The molecule has 1 saturated carbocycles. The van der Waals surface area contributed by atoms with Crippen LogP contribution in [0.25, 0.3) is 0 Å². The van der Waals surface area contributed by atoms with Gasteiger partial charge in [0.25, 0.3) is 0 Å². The Morgan fingerprint density at radius 1 is 1.30 bits per heavy atom. The number of aromatic nitrogens is 3. The van der Waals surface area contributed by atoms with Crippen LogP contribution in [-0.2, 0) is 0 Å². The zero-order valence-corrected chi connectivity index (χ0v) is 14.2. The van der Waals surface area contributed by atoms with E-state index in [0.29, 0.717) is 17.3 Å². The monoisotopic (exact) mass is 330 g/mol. The van der Waals surface area contributed by atoms with E-state index in [1.54, 1.807) is 4.68 Å². The summed E-state index contributed by atoms with van der Waals surface area (Å²) in [5.41, 5.74) is 1.01. The molecule has 0 aliphatic heterocycles. The van der Waals surface area contributed by atoms with Gasteiger partial charge in [-0.1, -0.05) is 19.3 Å². The maximum Gasteiger partial charge on any atom is 0.216 e. The van der Waals surface area contributed by atoms with E-state index in [-0.39, 0.29) is 0 Å². The molecule has 0 unspecified atom stereocenters. The minimum Gasteiger partial charge on any atom is -0.494 e. The van der Waals surface area contributed by atoms with E-state index in [1.165, 1.54) is 19.3 Å². The van der Waals surface area contributed by atoms with Gasteiger partial charge in [-0.3, -0.25) is 5.10 Å². The average molecular weight is 330 g/mol. The first-order chi connectivity index (χ1) is 11.3. The molecule has 0 spiro atoms. The minimum atomic E-state index is 0.453. The average Bonchev–Trinajstić information content (AvgIpc) is 2.96. The lowest BCUT2D eigenvalue weighted by Gasteiger charge is -2.19. The van der Waals surface area contributed by atoms with Crippen molar-refractivity contribution in [2.24, 2.45) is 5.10 Å². The largest absolute Gasteiger partial charge is 0.494 e. The summed E-state index contributed by atoms with van der Waals surface area (Å²) < 4.78 is 7.76. The highest BCUT2D eigenvalue weighted by atomic mass is 32.1. The van der Waals surface area contributed by atoms with Gasteiger partial charge in [-0.05, 0) is 61.8 Å². The third-order valence-electron chi connectivity index (χ3n) is 4.16. The van der Waals surface area contributed by atoms with Gasteiger partial charge in [0.05, 0.1) is 12.8 Å². The van der Waals surface area contributed by atoms with Gasteiger partial charge in [0.2, 0.25) is 4.77 Å². The summed E-state index contributed by atoms with van der Waals surface area (Å²) in [7, 11) is 0. The maximum absolute atomic E-state index is 5.45. The predicted molar refractivity (Wildman–Crippen MR) is 93.8 cm³/mol. The van der Waals surface area contributed by atoms with Gasteiger partial charge >= 0.3 is 0 Å². The summed E-state index contributed by atoms with van der Waals surface area (Å²) in [6.07, 6.45) is 7.97. The van der Waals surface area contributed by atoms with Crippen LogP contribution in [0.3, 0.4) is 0 Å². The summed E-state index contributed by atoms with van der Waals surface area (Å²) in [4.78, 5) is 0. The lowest BCUT2D eigenvalue weighted by molar-refractivity contribution is 0.340. The Bertz CT molecular complexity index is 711. The summed E-state index contributed by atoms with van der Waals surface area (Å²) in [5, 5.41) is 11.8. The van der Waals surface area contributed by atoms with Gasteiger partial charge in [-0.15, -0.1) is 0 Å². The number of ether oxygens (including phenoxy) is 1. The molecule has 1 aliphatic rings. The molecule has 1 aromatic heterocycles. The van der Waals surface area contributed by atoms with Gasteiger partial charge in [0.1, 0.15) is 5.75 Å². The fraction of sp³-hybridized carbons (Fsp3) is 0.471. The number of aromatic amines is 1. The Kier molecular flexibility index (Phi) is 5.23. The van der Waals surface area contributed by atoms with Crippen LogP contribution in [0.4, 0.5) is 0 Å². The Morgan fingerprint density at radius 2 is 2.04 bits per heavy atom. The molecule has 1 fully saturated rings. The van der Waals surface area contributed by atoms with E-state index in [1.807, 2.05) is 37.4 Å². The van der Waals surface area contributed by atoms with Crippen LogP contribution in [0, 0.1) is 4.77 Å². The SMILES string of the molecule is CCOc1ccc(/C=N\n2c(C3CCCCC3)n[nH]c2=S)cc1. The van der Waals surface area contributed by atoms with Crippen LogP contribution in [0.15, 0.2) is 29.4 Å². The van der Waals surface area contributed by atoms with Crippen molar-refractivity contribution in [1.29, 1.82) is 0 Å². The molecule has 0 radical (unpaired) electrons. The third kappa shape index (κ3) is 3.88. The Morgan fingerprint density at radius 3 is 2.74 bits per heavy atom. The van der Waals surface area contributed by atoms with E-state index >= 15 is 0 Å². The zero-order chi connectivity index (χ0) is 16.1. The number of benzene rings is 1. The molecule has 1 aliphatic carbocycles. The van der Waals surface area contributed by atoms with E-state index in [0.717, 1.165) is 30.0 Å². The normalized spacial score (nSPS) is 16.0. The molecule has 3 rings (SSSR count). The first-order valence-electron chi connectivity index (χ1n) is 8.22. The first kappa shape index (κ1) is 15.9. The van der Waals surface area contributed by atoms with Crippen molar-refractivity contribution in [3.63, 3.8) is 0 Å². The summed E-state index contributed by atoms with van der Waals surface area (Å²) in [5.74, 6) is 2.28. The molecule has 1 heterocycles. The number of H-pyrrole nitrogens is 1. The highest BCUT2D eigenvalue weighted by molar-refractivity contribution is 7.71. The first-order valence-corrected chi connectivity index (χ1v) is 8.63. The van der Waals surface area contributed by atoms with Gasteiger partial charge in [-0.2, -0.15) is 14.9 Å². The van der Waals surface area contributed by atoms with E-state index in [4.69, 9.17) is 17.0 Å². The Labute approximate surface area is 141 Å². The molecule has 122 valence electrons. The second kappa shape index (κ2) is 7.55. The minimum absolute atomic E-state index is 0.453. The van der Waals surface area contributed by atoms with Gasteiger partial charge in [-0.25, -0.2) is 0 Å². The van der Waals surface area contributed by atoms with Gasteiger partial charge < -0.3 is 4.74 Å². The highest BCUT2D eigenvalue weighted by Gasteiger charge is 2.21. The van der Waals surface area contributed by atoms with Crippen LogP contribution < -0.4 is 4.74 Å². The maximum atomic E-state index is 5.45. The molecule has 5 nitrogen and oxygen atoms in total. The quantitative estimate of drug-likeness (QED) is 0.658. The van der Waals surface area contributed by atoms with Crippen LogP contribution >= 0.6 is 12.2 Å². The fourth-order valence-electron chi connectivity index (χ4n) is 2.98. The van der Waals surface area contributed by atoms with Crippen molar-refractivity contribution in [1.82, 2.24) is 14.9 Å². The molecule has 0 saturated heterocycles. The summed E-state index contributed by atoms with van der Waals surface area (Å²) >= 11 is 5.32. The summed E-state index contributed by atoms with van der Waals surface area (Å²) in [6.45, 7) is 2.64. The zero-order valence-electron chi connectivity index (χ0n) is 13.4. The van der Waals surface area contributed by atoms with Crippen LogP contribution in [0.5, 0.6) is 5.75 Å². The number of hydrogen-bond acceptors (Lipinski definition) is 4. The highest BCUT2D eigenvalue weighted by Crippen LogP contribution is 2.31. The molecule has 0 atom stereocenters. The second-order valence-corrected chi connectivity index (χ2v) is 6.17. The molecule has 6 heteroatoms. The van der Waals surface area contributed by atoms with E-state index in [2.05, 4.69) is 15.3 Å². The van der Waals surface area contributed by atoms with Crippen molar-refractivity contribution < 1.29 is 4.74 Å².